The molecule has 25 heavy (non-hydrogen) atoms. The van der Waals surface area contributed by atoms with Crippen LogP contribution < -0.4 is 10.1 Å². The number of hydrogen-bond donors (Lipinski definition) is 1. The molecule has 3 nitrogen and oxygen atoms in total. The van der Waals surface area contributed by atoms with Crippen molar-refractivity contribution in [2.45, 2.75) is 20.0 Å². The third-order valence-corrected chi connectivity index (χ3v) is 4.17. The first kappa shape index (κ1) is 19.4. The van der Waals surface area contributed by atoms with Crippen molar-refractivity contribution >= 4 is 34.8 Å². The maximum atomic E-state index is 13.0. The second-order valence-electron chi connectivity index (χ2n) is 5.40. The molecule has 2 aromatic rings. The van der Waals surface area contributed by atoms with Crippen LogP contribution in [0.25, 0.3) is 0 Å². The Morgan fingerprint density at radius 2 is 1.72 bits per heavy atom. The standard InChI is InChI=1S/C17H14Cl2F3NO2/c1-9-5-12(6-10(2)16(9)19)25-8-15(24)23-14-4-3-11(18)7-13(14)17(20,21)22/h3-7H,8H2,1-2H3,(H,23,24). The lowest BCUT2D eigenvalue weighted by molar-refractivity contribution is -0.137. The number of rotatable bonds is 4. The van der Waals surface area contributed by atoms with Gasteiger partial charge in [0.2, 0.25) is 0 Å². The highest BCUT2D eigenvalue weighted by Gasteiger charge is 2.34. The van der Waals surface area contributed by atoms with Crippen LogP contribution >= 0.6 is 23.2 Å². The van der Waals surface area contributed by atoms with Crippen molar-refractivity contribution in [1.29, 1.82) is 0 Å². The number of ether oxygens (including phenoxy) is 1. The summed E-state index contributed by atoms with van der Waals surface area (Å²) in [5.74, 6) is -0.320. The Labute approximate surface area is 152 Å². The van der Waals surface area contributed by atoms with E-state index in [-0.39, 0.29) is 10.7 Å². The average Bonchev–Trinajstić information content (AvgIpc) is 2.51. The molecular formula is C17H14Cl2F3NO2. The molecule has 0 aliphatic carbocycles. The average molecular weight is 392 g/mol. The van der Waals surface area contributed by atoms with E-state index in [2.05, 4.69) is 5.32 Å². The van der Waals surface area contributed by atoms with Crippen LogP contribution in [-0.4, -0.2) is 12.5 Å². The fourth-order valence-corrected chi connectivity index (χ4v) is 2.47. The molecule has 0 fully saturated rings. The molecule has 1 amide bonds. The normalized spacial score (nSPS) is 11.3. The van der Waals surface area contributed by atoms with E-state index < -0.39 is 24.3 Å². The Morgan fingerprint density at radius 1 is 1.12 bits per heavy atom. The Balaban J connectivity index is 2.09. The van der Waals surface area contributed by atoms with Gasteiger partial charge in [0, 0.05) is 10.0 Å². The highest BCUT2D eigenvalue weighted by Crippen LogP contribution is 2.36. The zero-order valence-corrected chi connectivity index (χ0v) is 14.8. The molecule has 0 aliphatic heterocycles. The van der Waals surface area contributed by atoms with Crippen molar-refractivity contribution in [1.82, 2.24) is 0 Å². The summed E-state index contributed by atoms with van der Waals surface area (Å²) in [7, 11) is 0. The number of carbonyl (C=O) groups excluding carboxylic acids is 1. The van der Waals surface area contributed by atoms with Crippen LogP contribution in [0.2, 0.25) is 10.0 Å². The quantitative estimate of drug-likeness (QED) is 0.731. The van der Waals surface area contributed by atoms with Crippen LogP contribution in [0.3, 0.4) is 0 Å². The first-order chi connectivity index (χ1) is 11.6. The van der Waals surface area contributed by atoms with Gasteiger partial charge < -0.3 is 10.1 Å². The Bertz CT molecular complexity index is 784. The number of alkyl halides is 3. The minimum atomic E-state index is -4.64. The Hall–Kier alpha value is -1.92. The lowest BCUT2D eigenvalue weighted by Crippen LogP contribution is -2.22. The van der Waals surface area contributed by atoms with Gasteiger partial charge in [-0.15, -0.1) is 0 Å². The molecule has 0 radical (unpaired) electrons. The molecule has 2 aromatic carbocycles. The smallest absolute Gasteiger partial charge is 0.418 e. The molecule has 0 saturated heterocycles. The number of carbonyl (C=O) groups is 1. The van der Waals surface area contributed by atoms with Gasteiger partial charge in [0.25, 0.3) is 5.91 Å². The fourth-order valence-electron chi connectivity index (χ4n) is 2.18. The Kier molecular flexibility index (Phi) is 5.85. The zero-order chi connectivity index (χ0) is 18.8. The summed E-state index contributed by atoms with van der Waals surface area (Å²) < 4.78 is 44.3. The molecular weight excluding hydrogens is 378 g/mol. The van der Waals surface area contributed by atoms with E-state index in [1.54, 1.807) is 26.0 Å². The molecule has 0 saturated carbocycles. The maximum Gasteiger partial charge on any atom is 0.418 e. The van der Waals surface area contributed by atoms with Crippen molar-refractivity contribution in [2.24, 2.45) is 0 Å². The van der Waals surface area contributed by atoms with Gasteiger partial charge in [0.1, 0.15) is 5.75 Å². The topological polar surface area (TPSA) is 38.3 Å². The van der Waals surface area contributed by atoms with Crippen molar-refractivity contribution < 1.29 is 22.7 Å². The number of nitrogens with one attached hydrogen (secondary N) is 1. The molecule has 0 heterocycles. The maximum absolute atomic E-state index is 13.0. The highest BCUT2D eigenvalue weighted by atomic mass is 35.5. The van der Waals surface area contributed by atoms with Crippen LogP contribution in [0.1, 0.15) is 16.7 Å². The number of anilines is 1. The summed E-state index contributed by atoms with van der Waals surface area (Å²) in [6.45, 7) is 3.12. The van der Waals surface area contributed by atoms with Crippen molar-refractivity contribution in [2.75, 3.05) is 11.9 Å². The van der Waals surface area contributed by atoms with Crippen LogP contribution in [0, 0.1) is 13.8 Å². The zero-order valence-electron chi connectivity index (χ0n) is 13.3. The minimum Gasteiger partial charge on any atom is -0.484 e. The summed E-state index contributed by atoms with van der Waals surface area (Å²) in [6, 6.07) is 6.40. The van der Waals surface area contributed by atoms with E-state index >= 15 is 0 Å². The van der Waals surface area contributed by atoms with E-state index in [4.69, 9.17) is 27.9 Å². The molecule has 0 spiro atoms. The summed E-state index contributed by atoms with van der Waals surface area (Å²) in [5, 5.41) is 2.70. The van der Waals surface area contributed by atoms with Gasteiger partial charge in [0.05, 0.1) is 11.3 Å². The van der Waals surface area contributed by atoms with Gasteiger partial charge in [-0.05, 0) is 55.3 Å². The van der Waals surface area contributed by atoms with Gasteiger partial charge >= 0.3 is 6.18 Å². The third kappa shape index (κ3) is 5.03. The molecule has 0 bridgehead atoms. The molecule has 2 rings (SSSR count). The van der Waals surface area contributed by atoms with Crippen molar-refractivity contribution in [3.05, 3.63) is 57.1 Å². The second-order valence-corrected chi connectivity index (χ2v) is 6.21. The summed E-state index contributed by atoms with van der Waals surface area (Å²) in [4.78, 5) is 11.9. The monoisotopic (exact) mass is 391 g/mol. The molecule has 0 unspecified atom stereocenters. The van der Waals surface area contributed by atoms with E-state index in [9.17, 15) is 18.0 Å². The van der Waals surface area contributed by atoms with E-state index in [0.29, 0.717) is 10.8 Å². The molecule has 0 aromatic heterocycles. The van der Waals surface area contributed by atoms with Gasteiger partial charge in [-0.2, -0.15) is 13.2 Å². The third-order valence-electron chi connectivity index (χ3n) is 3.34. The second kappa shape index (κ2) is 7.54. The SMILES string of the molecule is Cc1cc(OCC(=O)Nc2ccc(Cl)cc2C(F)(F)F)cc(C)c1Cl. The van der Waals surface area contributed by atoms with Crippen LogP contribution in [0.5, 0.6) is 5.75 Å². The fraction of sp³-hybridized carbons (Fsp3) is 0.235. The van der Waals surface area contributed by atoms with Crippen molar-refractivity contribution in [3.63, 3.8) is 0 Å². The number of halogens is 5. The minimum absolute atomic E-state index is 0.0753. The van der Waals surface area contributed by atoms with Crippen LogP contribution in [0.15, 0.2) is 30.3 Å². The van der Waals surface area contributed by atoms with Crippen molar-refractivity contribution in [3.8, 4) is 5.75 Å². The van der Waals surface area contributed by atoms with Gasteiger partial charge in [-0.1, -0.05) is 23.2 Å². The van der Waals surface area contributed by atoms with Crippen LogP contribution in [-0.2, 0) is 11.0 Å². The van der Waals surface area contributed by atoms with Gasteiger partial charge in [-0.25, -0.2) is 0 Å². The Morgan fingerprint density at radius 3 is 2.28 bits per heavy atom. The summed E-state index contributed by atoms with van der Waals surface area (Å²) in [5.41, 5.74) is 0.142. The number of hydrogen-bond acceptors (Lipinski definition) is 2. The van der Waals surface area contributed by atoms with Gasteiger partial charge in [0.15, 0.2) is 6.61 Å². The summed E-state index contributed by atoms with van der Waals surface area (Å²) in [6.07, 6.45) is -4.64. The number of benzene rings is 2. The van der Waals surface area contributed by atoms with Crippen LogP contribution in [0.4, 0.5) is 18.9 Å². The lowest BCUT2D eigenvalue weighted by atomic mass is 10.1. The predicted octanol–water partition coefficient (Wildman–Crippen LogP) is 5.65. The molecule has 0 aliphatic rings. The molecule has 8 heteroatoms. The molecule has 134 valence electrons. The predicted molar refractivity (Wildman–Crippen MR) is 91.5 cm³/mol. The lowest BCUT2D eigenvalue weighted by Gasteiger charge is -2.15. The largest absolute Gasteiger partial charge is 0.484 e. The number of aryl methyl sites for hydroxylation is 2. The summed E-state index contributed by atoms with van der Waals surface area (Å²) >= 11 is 11.6. The highest BCUT2D eigenvalue weighted by molar-refractivity contribution is 6.32. The number of amides is 1. The first-order valence-electron chi connectivity index (χ1n) is 7.14. The van der Waals surface area contributed by atoms with E-state index in [1.165, 1.54) is 6.07 Å². The first-order valence-corrected chi connectivity index (χ1v) is 7.89. The molecule has 1 N–H and O–H groups in total. The van der Waals surface area contributed by atoms with Gasteiger partial charge in [-0.3, -0.25) is 4.79 Å². The van der Waals surface area contributed by atoms with E-state index in [1.807, 2.05) is 0 Å². The molecule has 0 atom stereocenters. The van der Waals surface area contributed by atoms with E-state index in [0.717, 1.165) is 23.3 Å².